The van der Waals surface area contributed by atoms with Crippen molar-refractivity contribution in [1.29, 1.82) is 0 Å². The van der Waals surface area contributed by atoms with Gasteiger partial charge in [0, 0.05) is 17.7 Å². The molecule has 0 radical (unpaired) electrons. The van der Waals surface area contributed by atoms with Crippen LogP contribution in [-0.4, -0.2) is 86.2 Å². The van der Waals surface area contributed by atoms with Crippen molar-refractivity contribution in [3.63, 3.8) is 0 Å². The quantitative estimate of drug-likeness (QED) is 0.130. The number of likely N-dealkylation sites (N-methyl/N-ethyl adjacent to an activating group) is 2. The molecule has 4 heterocycles. The highest BCUT2D eigenvalue weighted by molar-refractivity contribution is 5.84. The zero-order valence-corrected chi connectivity index (χ0v) is 30.7. The van der Waals surface area contributed by atoms with Gasteiger partial charge < -0.3 is 24.6 Å². The van der Waals surface area contributed by atoms with Gasteiger partial charge in [-0.25, -0.2) is 15.0 Å². The van der Waals surface area contributed by atoms with E-state index < -0.39 is 6.04 Å². The third kappa shape index (κ3) is 7.55. The van der Waals surface area contributed by atoms with Crippen LogP contribution in [0.15, 0.2) is 108 Å². The van der Waals surface area contributed by atoms with Crippen LogP contribution in [0.3, 0.4) is 0 Å². The fourth-order valence-corrected chi connectivity index (χ4v) is 7.14. The molecule has 3 aromatic heterocycles. The van der Waals surface area contributed by atoms with E-state index >= 15 is 0 Å². The number of H-pyrrole nitrogens is 2. The number of benzene rings is 3. The van der Waals surface area contributed by atoms with Crippen LogP contribution in [0.25, 0.3) is 34.2 Å². The Hall–Kier alpha value is -5.85. The van der Waals surface area contributed by atoms with Gasteiger partial charge >= 0.3 is 0 Å². The minimum absolute atomic E-state index is 0.0598. The van der Waals surface area contributed by atoms with Gasteiger partial charge in [-0.05, 0) is 65.1 Å². The van der Waals surface area contributed by atoms with E-state index in [1.165, 1.54) is 0 Å². The summed E-state index contributed by atoms with van der Waals surface area (Å²) in [5, 5.41) is 3.11. The fraction of sp³-hybridized carbons (Fsp3) is 0.293. The van der Waals surface area contributed by atoms with E-state index in [9.17, 15) is 9.59 Å². The number of aromatic nitrogens is 5. The van der Waals surface area contributed by atoms with E-state index in [1.54, 1.807) is 18.6 Å². The van der Waals surface area contributed by atoms with Gasteiger partial charge in [-0.3, -0.25) is 19.4 Å². The Morgan fingerprint density at radius 3 is 2.15 bits per heavy atom. The molecule has 7 rings (SSSR count). The first-order valence-corrected chi connectivity index (χ1v) is 17.9. The van der Waals surface area contributed by atoms with E-state index in [4.69, 9.17) is 4.42 Å². The van der Waals surface area contributed by atoms with Crippen LogP contribution in [0.5, 0.6) is 0 Å². The zero-order valence-electron chi connectivity index (χ0n) is 30.7. The van der Waals surface area contributed by atoms with Crippen molar-refractivity contribution in [2.45, 2.75) is 43.9 Å². The Balaban J connectivity index is 1.04. The molecule has 3 unspecified atom stereocenters. The summed E-state index contributed by atoms with van der Waals surface area (Å²) in [6.07, 6.45) is 6.91. The molecule has 272 valence electrons. The first-order valence-electron chi connectivity index (χ1n) is 17.9. The summed E-state index contributed by atoms with van der Waals surface area (Å²) < 4.78 is 6.24. The summed E-state index contributed by atoms with van der Waals surface area (Å²) in [5.41, 5.74) is 5.10. The standard InChI is InChI=1S/C41H45N9O3/c1-26(45-39(51)35(48(2)3)27-14-8-6-9-15-27)37-42-23-31(46-37)29-18-12-19-30(22-29)34-25-44-40(53-34)32-24-43-38(47-32)33-20-13-21-50(33)41(52)36(49(4)5)28-16-10-7-11-17-28/h6-12,14-19,22-26,33,35-36H,13,20-21H2,1-5H3,(H,42,46)(H,43,47)(H,45,51)/t26?,33-,35?,36?/m0/s1. The number of carbonyl (C=O) groups is 2. The number of oxazole rings is 1. The SMILES string of the molecule is CC(NC(=O)C(c1ccccc1)N(C)C)c1ncc(-c2cccc(-c3cnc(-c4cnc([C@@H]5CCCN5C(=O)C(c5ccccc5)N(C)C)[nH]4)o3)c2)[nH]1. The third-order valence-electron chi connectivity index (χ3n) is 9.75. The Morgan fingerprint density at radius 2 is 1.45 bits per heavy atom. The second kappa shape index (κ2) is 15.4. The lowest BCUT2D eigenvalue weighted by Crippen LogP contribution is -2.40. The first kappa shape index (κ1) is 35.5. The summed E-state index contributed by atoms with van der Waals surface area (Å²) in [6, 6.07) is 26.2. The molecule has 1 aliphatic rings. The van der Waals surface area contributed by atoms with Gasteiger partial charge in [0.2, 0.25) is 17.7 Å². The molecule has 0 bridgehead atoms. The molecular formula is C41H45N9O3. The zero-order chi connectivity index (χ0) is 37.1. The van der Waals surface area contributed by atoms with E-state index in [-0.39, 0.29) is 29.9 Å². The van der Waals surface area contributed by atoms with Crippen LogP contribution < -0.4 is 5.32 Å². The van der Waals surface area contributed by atoms with E-state index in [0.29, 0.717) is 29.7 Å². The number of hydrogen-bond acceptors (Lipinski definition) is 8. The number of rotatable bonds is 12. The molecule has 0 spiro atoms. The molecule has 0 aliphatic carbocycles. The number of likely N-dealkylation sites (tertiary alicyclic amines) is 1. The Kier molecular flexibility index (Phi) is 10.3. The number of imidazole rings is 2. The van der Waals surface area contributed by atoms with Crippen molar-refractivity contribution < 1.29 is 14.0 Å². The van der Waals surface area contributed by atoms with Gasteiger partial charge in [0.15, 0.2) is 5.76 Å². The number of nitrogens with one attached hydrogen (secondary N) is 3. The van der Waals surface area contributed by atoms with Crippen molar-refractivity contribution in [3.05, 3.63) is 126 Å². The first-order chi connectivity index (χ1) is 25.7. The minimum atomic E-state index is -0.424. The molecule has 1 saturated heterocycles. The highest BCUT2D eigenvalue weighted by Gasteiger charge is 2.37. The van der Waals surface area contributed by atoms with Crippen molar-refractivity contribution in [1.82, 2.24) is 44.9 Å². The number of carbonyl (C=O) groups excluding carboxylic acids is 2. The molecule has 4 atom stereocenters. The fourth-order valence-electron chi connectivity index (χ4n) is 7.14. The maximum atomic E-state index is 13.9. The predicted molar refractivity (Wildman–Crippen MR) is 203 cm³/mol. The predicted octanol–water partition coefficient (Wildman–Crippen LogP) is 6.57. The summed E-state index contributed by atoms with van der Waals surface area (Å²) >= 11 is 0. The van der Waals surface area contributed by atoms with Gasteiger partial charge in [0.05, 0.1) is 36.4 Å². The van der Waals surface area contributed by atoms with Crippen LogP contribution in [0.2, 0.25) is 0 Å². The summed E-state index contributed by atoms with van der Waals surface area (Å²) in [4.78, 5) is 53.6. The van der Waals surface area contributed by atoms with Crippen molar-refractivity contribution in [2.75, 3.05) is 34.7 Å². The topological polar surface area (TPSA) is 139 Å². The molecule has 53 heavy (non-hydrogen) atoms. The third-order valence-corrected chi connectivity index (χ3v) is 9.75. The van der Waals surface area contributed by atoms with E-state index in [1.807, 2.05) is 135 Å². The number of aromatic amines is 2. The van der Waals surface area contributed by atoms with Gasteiger partial charge in [-0.15, -0.1) is 0 Å². The van der Waals surface area contributed by atoms with Crippen molar-refractivity contribution in [2.24, 2.45) is 0 Å². The lowest BCUT2D eigenvalue weighted by Gasteiger charge is -2.31. The summed E-state index contributed by atoms with van der Waals surface area (Å²) in [6.45, 7) is 2.59. The second-order valence-corrected chi connectivity index (χ2v) is 13.9. The second-order valence-electron chi connectivity index (χ2n) is 13.9. The molecule has 6 aromatic rings. The van der Waals surface area contributed by atoms with Crippen LogP contribution in [-0.2, 0) is 9.59 Å². The monoisotopic (exact) mass is 711 g/mol. The average Bonchev–Trinajstić information content (AvgIpc) is 3.99. The Bertz CT molecular complexity index is 2150. The van der Waals surface area contributed by atoms with Crippen LogP contribution in [0.4, 0.5) is 0 Å². The average molecular weight is 712 g/mol. The van der Waals surface area contributed by atoms with Crippen LogP contribution >= 0.6 is 0 Å². The molecule has 0 saturated carbocycles. The summed E-state index contributed by atoms with van der Waals surface area (Å²) in [5.74, 6) is 2.34. The van der Waals surface area contributed by atoms with Gasteiger partial charge in [-0.1, -0.05) is 78.9 Å². The Morgan fingerprint density at radius 1 is 0.792 bits per heavy atom. The molecule has 1 fully saturated rings. The van der Waals surface area contributed by atoms with E-state index in [0.717, 1.165) is 46.6 Å². The minimum Gasteiger partial charge on any atom is -0.435 e. The van der Waals surface area contributed by atoms with Gasteiger partial charge in [0.25, 0.3) is 0 Å². The maximum Gasteiger partial charge on any atom is 0.245 e. The molecular weight excluding hydrogens is 667 g/mol. The smallest absolute Gasteiger partial charge is 0.245 e. The van der Waals surface area contributed by atoms with Crippen molar-refractivity contribution >= 4 is 11.8 Å². The number of amides is 2. The highest BCUT2D eigenvalue weighted by atomic mass is 16.4. The lowest BCUT2D eigenvalue weighted by atomic mass is 10.0. The molecule has 1 aliphatic heterocycles. The molecule has 12 heteroatoms. The summed E-state index contributed by atoms with van der Waals surface area (Å²) in [7, 11) is 7.66. The Labute approximate surface area is 309 Å². The van der Waals surface area contributed by atoms with E-state index in [2.05, 4.69) is 30.2 Å². The molecule has 3 aromatic carbocycles. The lowest BCUT2D eigenvalue weighted by molar-refractivity contribution is -0.137. The van der Waals surface area contributed by atoms with Crippen LogP contribution in [0.1, 0.15) is 66.7 Å². The maximum absolute atomic E-state index is 13.9. The number of nitrogens with zero attached hydrogens (tertiary/aromatic N) is 6. The number of hydrogen-bond donors (Lipinski definition) is 3. The molecule has 3 N–H and O–H groups in total. The van der Waals surface area contributed by atoms with Crippen molar-refractivity contribution in [3.8, 4) is 34.2 Å². The largest absolute Gasteiger partial charge is 0.435 e. The van der Waals surface area contributed by atoms with Crippen LogP contribution in [0, 0.1) is 0 Å². The van der Waals surface area contributed by atoms with Gasteiger partial charge in [-0.2, -0.15) is 0 Å². The highest BCUT2D eigenvalue weighted by Crippen LogP contribution is 2.36. The normalized spacial score (nSPS) is 16.2. The molecule has 2 amide bonds. The molecule has 12 nitrogen and oxygen atoms in total. The van der Waals surface area contributed by atoms with Gasteiger partial charge in [0.1, 0.15) is 29.4 Å².